The Kier molecular flexibility index (Phi) is 8.50. The van der Waals surface area contributed by atoms with Gasteiger partial charge in [-0.1, -0.05) is 42.5 Å². The zero-order valence-electron chi connectivity index (χ0n) is 18.1. The first-order valence-corrected chi connectivity index (χ1v) is 10.2. The fourth-order valence-electron chi connectivity index (χ4n) is 2.82. The Morgan fingerprint density at radius 2 is 1.56 bits per heavy atom. The van der Waals surface area contributed by atoms with Crippen molar-refractivity contribution in [3.63, 3.8) is 0 Å². The average Bonchev–Trinajstić information content (AvgIpc) is 2.83. The summed E-state index contributed by atoms with van der Waals surface area (Å²) in [5, 5.41) is 3.98. The van der Waals surface area contributed by atoms with Gasteiger partial charge in [0.15, 0.2) is 29.6 Å². The number of nitrogens with one attached hydrogen (secondary N) is 1. The van der Waals surface area contributed by atoms with E-state index in [1.165, 1.54) is 6.21 Å². The van der Waals surface area contributed by atoms with Crippen molar-refractivity contribution in [1.82, 2.24) is 5.43 Å². The van der Waals surface area contributed by atoms with Crippen LogP contribution in [0.3, 0.4) is 0 Å². The molecular weight excluding hydrogens is 408 g/mol. The molecule has 32 heavy (non-hydrogen) atoms. The van der Waals surface area contributed by atoms with Gasteiger partial charge in [-0.25, -0.2) is 5.43 Å². The molecule has 0 atom stereocenters. The number of ether oxygens (including phenoxy) is 4. The molecule has 0 aliphatic carbocycles. The van der Waals surface area contributed by atoms with Crippen LogP contribution >= 0.6 is 0 Å². The summed E-state index contributed by atoms with van der Waals surface area (Å²) in [7, 11) is 1.57. The van der Waals surface area contributed by atoms with Crippen molar-refractivity contribution < 1.29 is 23.7 Å². The molecule has 0 aliphatic heterocycles. The molecule has 0 bridgehead atoms. The molecular formula is C25H26N2O5. The zero-order valence-corrected chi connectivity index (χ0v) is 18.1. The number of carbonyl (C=O) groups is 1. The minimum absolute atomic E-state index is 0.184. The van der Waals surface area contributed by atoms with Gasteiger partial charge in [0.1, 0.15) is 6.61 Å². The summed E-state index contributed by atoms with van der Waals surface area (Å²) in [4.78, 5) is 12.0. The van der Waals surface area contributed by atoms with Crippen molar-refractivity contribution in [2.24, 2.45) is 5.10 Å². The SMILES string of the molecule is CCOc1ccccc1OCC(=O)N/N=C\c1ccc(OCc2ccccc2)c(OC)c1. The van der Waals surface area contributed by atoms with Crippen LogP contribution in [0.1, 0.15) is 18.1 Å². The van der Waals surface area contributed by atoms with Gasteiger partial charge < -0.3 is 18.9 Å². The van der Waals surface area contributed by atoms with Crippen LogP contribution in [0.2, 0.25) is 0 Å². The first-order chi connectivity index (χ1) is 15.7. The number of methoxy groups -OCH3 is 1. The molecule has 3 aromatic carbocycles. The Balaban J connectivity index is 1.51. The quantitative estimate of drug-likeness (QED) is 0.361. The number of amides is 1. The first-order valence-electron chi connectivity index (χ1n) is 10.2. The van der Waals surface area contributed by atoms with Crippen LogP contribution in [0.5, 0.6) is 23.0 Å². The Morgan fingerprint density at radius 1 is 0.875 bits per heavy atom. The first kappa shape index (κ1) is 22.7. The van der Waals surface area contributed by atoms with E-state index in [9.17, 15) is 4.79 Å². The van der Waals surface area contributed by atoms with Gasteiger partial charge in [-0.3, -0.25) is 4.79 Å². The Labute approximate surface area is 187 Å². The van der Waals surface area contributed by atoms with E-state index in [1.807, 2.05) is 55.5 Å². The maximum atomic E-state index is 12.0. The van der Waals surface area contributed by atoms with Crippen molar-refractivity contribution in [3.05, 3.63) is 83.9 Å². The summed E-state index contributed by atoms with van der Waals surface area (Å²) < 4.78 is 22.3. The van der Waals surface area contributed by atoms with Crippen LogP contribution < -0.4 is 24.4 Å². The number of rotatable bonds is 11. The van der Waals surface area contributed by atoms with Gasteiger partial charge in [0.2, 0.25) is 0 Å². The zero-order chi connectivity index (χ0) is 22.6. The van der Waals surface area contributed by atoms with E-state index in [4.69, 9.17) is 18.9 Å². The number of nitrogens with zero attached hydrogens (tertiary/aromatic N) is 1. The molecule has 166 valence electrons. The van der Waals surface area contributed by atoms with Gasteiger partial charge >= 0.3 is 0 Å². The summed E-state index contributed by atoms with van der Waals surface area (Å²) in [5.41, 5.74) is 4.26. The maximum Gasteiger partial charge on any atom is 0.277 e. The lowest BCUT2D eigenvalue weighted by molar-refractivity contribution is -0.123. The van der Waals surface area contributed by atoms with Crippen LogP contribution in [0.15, 0.2) is 77.9 Å². The second-order valence-electron chi connectivity index (χ2n) is 6.65. The van der Waals surface area contributed by atoms with Crippen LogP contribution in [0.25, 0.3) is 0 Å². The normalized spacial score (nSPS) is 10.6. The number of benzene rings is 3. The summed E-state index contributed by atoms with van der Waals surface area (Å²) in [6.45, 7) is 2.65. The lowest BCUT2D eigenvalue weighted by Gasteiger charge is -2.11. The molecule has 1 N–H and O–H groups in total. The van der Waals surface area contributed by atoms with Gasteiger partial charge in [0.25, 0.3) is 5.91 Å². The second-order valence-corrected chi connectivity index (χ2v) is 6.65. The number of hydrogen-bond acceptors (Lipinski definition) is 6. The van der Waals surface area contributed by atoms with E-state index < -0.39 is 0 Å². The standard InChI is InChI=1S/C25H26N2O5/c1-3-30-21-11-7-8-12-22(21)32-18-25(28)27-26-16-20-13-14-23(24(15-20)29-2)31-17-19-9-5-4-6-10-19/h4-16H,3,17-18H2,1-2H3,(H,27,28)/b26-16-. The third-order valence-corrected chi connectivity index (χ3v) is 4.34. The van der Waals surface area contributed by atoms with Crippen LogP contribution in [-0.4, -0.2) is 32.4 Å². The average molecular weight is 434 g/mol. The molecule has 0 saturated heterocycles. The van der Waals surface area contributed by atoms with E-state index in [0.717, 1.165) is 11.1 Å². The molecule has 0 aromatic heterocycles. The minimum Gasteiger partial charge on any atom is -0.493 e. The molecule has 7 nitrogen and oxygen atoms in total. The Hall–Kier alpha value is -4.00. The molecule has 3 rings (SSSR count). The fourth-order valence-corrected chi connectivity index (χ4v) is 2.82. The molecule has 7 heteroatoms. The lowest BCUT2D eigenvalue weighted by Crippen LogP contribution is -2.24. The molecule has 0 aliphatic rings. The molecule has 0 spiro atoms. The van der Waals surface area contributed by atoms with Crippen molar-refractivity contribution in [2.75, 3.05) is 20.3 Å². The van der Waals surface area contributed by atoms with Crippen molar-refractivity contribution in [2.45, 2.75) is 13.5 Å². The number of carbonyl (C=O) groups excluding carboxylic acids is 1. The largest absolute Gasteiger partial charge is 0.493 e. The van der Waals surface area contributed by atoms with E-state index >= 15 is 0 Å². The molecule has 0 fully saturated rings. The predicted molar refractivity (Wildman–Crippen MR) is 123 cm³/mol. The maximum absolute atomic E-state index is 12.0. The third-order valence-electron chi connectivity index (χ3n) is 4.34. The summed E-state index contributed by atoms with van der Waals surface area (Å²) in [6, 6.07) is 22.5. The molecule has 0 unspecified atom stereocenters. The number of para-hydroxylation sites is 2. The van der Waals surface area contributed by atoms with Crippen LogP contribution in [0.4, 0.5) is 0 Å². The van der Waals surface area contributed by atoms with Crippen molar-refractivity contribution in [1.29, 1.82) is 0 Å². The van der Waals surface area contributed by atoms with E-state index in [2.05, 4.69) is 10.5 Å². The highest BCUT2D eigenvalue weighted by atomic mass is 16.5. The lowest BCUT2D eigenvalue weighted by atomic mass is 10.2. The summed E-state index contributed by atoms with van der Waals surface area (Å²) in [6.07, 6.45) is 1.52. The third kappa shape index (κ3) is 6.77. The topological polar surface area (TPSA) is 78.4 Å². The van der Waals surface area contributed by atoms with Crippen molar-refractivity contribution >= 4 is 12.1 Å². The van der Waals surface area contributed by atoms with Crippen LogP contribution in [0, 0.1) is 0 Å². The van der Waals surface area contributed by atoms with Gasteiger partial charge in [-0.15, -0.1) is 0 Å². The number of hydrazone groups is 1. The Morgan fingerprint density at radius 3 is 2.28 bits per heavy atom. The van der Waals surface area contributed by atoms with Crippen LogP contribution in [-0.2, 0) is 11.4 Å². The van der Waals surface area contributed by atoms with Gasteiger partial charge in [-0.2, -0.15) is 5.10 Å². The highest BCUT2D eigenvalue weighted by Crippen LogP contribution is 2.28. The van der Waals surface area contributed by atoms with Crippen molar-refractivity contribution in [3.8, 4) is 23.0 Å². The second kappa shape index (κ2) is 12.0. The van der Waals surface area contributed by atoms with E-state index in [-0.39, 0.29) is 12.5 Å². The monoisotopic (exact) mass is 434 g/mol. The van der Waals surface area contributed by atoms with E-state index in [0.29, 0.717) is 36.2 Å². The smallest absolute Gasteiger partial charge is 0.277 e. The highest BCUT2D eigenvalue weighted by Gasteiger charge is 2.08. The van der Waals surface area contributed by atoms with Gasteiger partial charge in [-0.05, 0) is 48.4 Å². The summed E-state index contributed by atoms with van der Waals surface area (Å²) >= 11 is 0. The summed E-state index contributed by atoms with van der Waals surface area (Å²) in [5.74, 6) is 1.91. The molecule has 0 radical (unpaired) electrons. The predicted octanol–water partition coefficient (Wildman–Crippen LogP) is 4.20. The molecule has 0 saturated carbocycles. The van der Waals surface area contributed by atoms with Gasteiger partial charge in [0.05, 0.1) is 19.9 Å². The number of hydrogen-bond donors (Lipinski definition) is 1. The Bertz CT molecular complexity index is 1040. The fraction of sp³-hybridized carbons (Fsp3) is 0.200. The van der Waals surface area contributed by atoms with E-state index in [1.54, 1.807) is 31.4 Å². The molecule has 1 amide bonds. The molecule has 0 heterocycles. The highest BCUT2D eigenvalue weighted by molar-refractivity contribution is 5.83. The minimum atomic E-state index is -0.387. The van der Waals surface area contributed by atoms with Gasteiger partial charge in [0, 0.05) is 0 Å². The molecule has 3 aromatic rings.